The van der Waals surface area contributed by atoms with E-state index in [2.05, 4.69) is 4.72 Å². The molecule has 0 aliphatic carbocycles. The molecule has 180 valence electrons. The van der Waals surface area contributed by atoms with E-state index in [0.717, 1.165) is 23.5 Å². The molecule has 0 unspecified atom stereocenters. The van der Waals surface area contributed by atoms with Crippen molar-refractivity contribution in [2.45, 2.75) is 4.21 Å². The molecule has 3 aromatic rings. The number of nitrogens with one attached hydrogen (secondary N) is 1. The Hall–Kier alpha value is -3.77. The summed E-state index contributed by atoms with van der Waals surface area (Å²) < 4.78 is 47.9. The number of ketones is 1. The Morgan fingerprint density at radius 3 is 2.24 bits per heavy atom. The average Bonchev–Trinajstić information content (AvgIpc) is 3.38. The van der Waals surface area contributed by atoms with E-state index in [-0.39, 0.29) is 32.5 Å². The summed E-state index contributed by atoms with van der Waals surface area (Å²) in [6, 6.07) is 9.39. The Bertz CT molecular complexity index is 1280. The normalized spacial score (nSPS) is 10.9. The van der Waals surface area contributed by atoms with Crippen LogP contribution in [0.5, 0.6) is 23.0 Å². The first-order chi connectivity index (χ1) is 16.2. The van der Waals surface area contributed by atoms with Crippen molar-refractivity contribution in [2.24, 2.45) is 0 Å². The summed E-state index contributed by atoms with van der Waals surface area (Å²) in [4.78, 5) is 25.1. The zero-order chi connectivity index (χ0) is 24.9. The number of sulfonamides is 1. The van der Waals surface area contributed by atoms with Gasteiger partial charge in [-0.3, -0.25) is 9.52 Å². The van der Waals surface area contributed by atoms with E-state index in [0.29, 0.717) is 5.75 Å². The lowest BCUT2D eigenvalue weighted by Gasteiger charge is -2.14. The number of hydrogen-bond acceptors (Lipinski definition) is 10. The summed E-state index contributed by atoms with van der Waals surface area (Å²) in [7, 11) is 0.356. The maximum Gasteiger partial charge on any atom is 0.342 e. The Morgan fingerprint density at radius 2 is 1.68 bits per heavy atom. The first-order valence-electron chi connectivity index (χ1n) is 9.59. The number of rotatable bonds is 10. The lowest BCUT2D eigenvalue weighted by Crippen LogP contribution is -2.16. The molecule has 1 heterocycles. The van der Waals surface area contributed by atoms with Crippen molar-refractivity contribution in [3.05, 3.63) is 59.0 Å². The van der Waals surface area contributed by atoms with Crippen LogP contribution in [0.15, 0.2) is 52.1 Å². The minimum atomic E-state index is -3.86. The highest BCUT2D eigenvalue weighted by molar-refractivity contribution is 7.94. The van der Waals surface area contributed by atoms with Gasteiger partial charge < -0.3 is 24.1 Å². The molecule has 34 heavy (non-hydrogen) atoms. The van der Waals surface area contributed by atoms with E-state index in [1.54, 1.807) is 11.4 Å². The van der Waals surface area contributed by atoms with Crippen molar-refractivity contribution in [1.82, 2.24) is 0 Å². The second-order valence-corrected chi connectivity index (χ2v) is 9.54. The maximum atomic E-state index is 12.6. The van der Waals surface area contributed by atoms with Crippen LogP contribution in [0.4, 0.5) is 5.69 Å². The highest BCUT2D eigenvalue weighted by atomic mass is 32.2. The van der Waals surface area contributed by atoms with Crippen LogP contribution in [0.1, 0.15) is 20.7 Å². The molecule has 0 radical (unpaired) electrons. The zero-order valence-corrected chi connectivity index (χ0v) is 20.0. The van der Waals surface area contributed by atoms with E-state index in [1.165, 1.54) is 45.6 Å². The molecular weight excluding hydrogens is 486 g/mol. The molecule has 10 nitrogen and oxygen atoms in total. The monoisotopic (exact) mass is 507 g/mol. The Morgan fingerprint density at radius 1 is 1.00 bits per heavy atom. The summed E-state index contributed by atoms with van der Waals surface area (Å²) in [6.45, 7) is -0.651. The van der Waals surface area contributed by atoms with Gasteiger partial charge in [0.1, 0.15) is 15.5 Å². The lowest BCUT2D eigenvalue weighted by atomic mass is 10.1. The molecule has 0 fully saturated rings. The summed E-state index contributed by atoms with van der Waals surface area (Å²) in [6.07, 6.45) is 0. The minimum absolute atomic E-state index is 0.0362. The predicted octanol–water partition coefficient (Wildman–Crippen LogP) is 3.32. The number of ether oxygens (including phenoxy) is 4. The number of carbonyl (C=O) groups excluding carboxylic acids is 2. The number of hydrogen-bond donors (Lipinski definition) is 2. The van der Waals surface area contributed by atoms with Crippen molar-refractivity contribution in [3.8, 4) is 23.0 Å². The number of methoxy groups -OCH3 is 3. The summed E-state index contributed by atoms with van der Waals surface area (Å²) >= 11 is 1.02. The number of aromatic hydroxyl groups is 1. The van der Waals surface area contributed by atoms with Gasteiger partial charge in [-0.05, 0) is 41.8 Å². The maximum absolute atomic E-state index is 12.6. The largest absolute Gasteiger partial charge is 0.507 e. The Balaban J connectivity index is 1.75. The lowest BCUT2D eigenvalue weighted by molar-refractivity contribution is 0.0471. The summed E-state index contributed by atoms with van der Waals surface area (Å²) in [5.74, 6) is -1.23. The summed E-state index contributed by atoms with van der Waals surface area (Å²) in [5, 5.41) is 11.7. The van der Waals surface area contributed by atoms with Gasteiger partial charge in [-0.2, -0.15) is 0 Å². The van der Waals surface area contributed by atoms with Crippen LogP contribution < -0.4 is 18.9 Å². The smallest absolute Gasteiger partial charge is 0.342 e. The third-order valence-corrected chi connectivity index (χ3v) is 7.33. The van der Waals surface area contributed by atoms with Crippen LogP contribution in [0.2, 0.25) is 0 Å². The van der Waals surface area contributed by atoms with E-state index >= 15 is 0 Å². The van der Waals surface area contributed by atoms with Crippen LogP contribution in [-0.4, -0.2) is 53.2 Å². The molecule has 2 aromatic carbocycles. The molecule has 0 atom stereocenters. The molecule has 0 aliphatic heterocycles. The first-order valence-corrected chi connectivity index (χ1v) is 12.0. The van der Waals surface area contributed by atoms with Crippen LogP contribution in [0.25, 0.3) is 0 Å². The fourth-order valence-electron chi connectivity index (χ4n) is 2.92. The first kappa shape index (κ1) is 24.9. The number of phenols is 1. The number of anilines is 1. The topological polar surface area (TPSA) is 137 Å². The van der Waals surface area contributed by atoms with Gasteiger partial charge in [-0.25, -0.2) is 13.2 Å². The fraction of sp³-hybridized carbons (Fsp3) is 0.182. The molecule has 0 saturated heterocycles. The quantitative estimate of drug-likeness (QED) is 0.240. The third kappa shape index (κ3) is 5.41. The molecule has 12 heteroatoms. The van der Waals surface area contributed by atoms with Gasteiger partial charge in [0.15, 0.2) is 18.1 Å². The van der Waals surface area contributed by atoms with Gasteiger partial charge in [0.2, 0.25) is 11.5 Å². The van der Waals surface area contributed by atoms with Crippen molar-refractivity contribution >= 4 is 38.8 Å². The standard InChI is InChI=1S/C22H21NO9S2/c1-29-18-9-13(10-19(30-2)21(18)31-3)17(25)12-32-22(26)15-11-14(6-7-16(15)24)23-34(27,28)20-5-4-8-33-20/h4-11,23-24H,12H2,1-3H3. The van der Waals surface area contributed by atoms with E-state index < -0.39 is 34.1 Å². The predicted molar refractivity (Wildman–Crippen MR) is 124 cm³/mol. The van der Waals surface area contributed by atoms with Crippen molar-refractivity contribution < 1.29 is 42.1 Å². The molecule has 0 spiro atoms. The van der Waals surface area contributed by atoms with Gasteiger partial charge in [0.25, 0.3) is 10.0 Å². The minimum Gasteiger partial charge on any atom is -0.507 e. The van der Waals surface area contributed by atoms with Crippen LogP contribution in [-0.2, 0) is 14.8 Å². The van der Waals surface area contributed by atoms with Gasteiger partial charge in [0, 0.05) is 11.3 Å². The SMILES string of the molecule is COc1cc(C(=O)COC(=O)c2cc(NS(=O)(=O)c3cccs3)ccc2O)cc(OC)c1OC. The van der Waals surface area contributed by atoms with Gasteiger partial charge in [0.05, 0.1) is 21.3 Å². The number of Topliss-reactive ketones (excluding diaryl/α,β-unsaturated/α-hetero) is 1. The second-order valence-electron chi connectivity index (χ2n) is 6.68. The van der Waals surface area contributed by atoms with Gasteiger partial charge >= 0.3 is 5.97 Å². The average molecular weight is 508 g/mol. The molecule has 0 saturated carbocycles. The molecule has 0 amide bonds. The second kappa shape index (κ2) is 10.4. The number of thiophene rings is 1. The number of benzene rings is 2. The molecular formula is C22H21NO9S2. The van der Waals surface area contributed by atoms with Crippen LogP contribution >= 0.6 is 11.3 Å². The van der Waals surface area contributed by atoms with Crippen molar-refractivity contribution in [2.75, 3.05) is 32.7 Å². The Kier molecular flexibility index (Phi) is 7.64. The van der Waals surface area contributed by atoms with E-state index in [4.69, 9.17) is 18.9 Å². The zero-order valence-electron chi connectivity index (χ0n) is 18.4. The highest BCUT2D eigenvalue weighted by Crippen LogP contribution is 2.38. The third-order valence-electron chi connectivity index (χ3n) is 4.55. The van der Waals surface area contributed by atoms with Gasteiger partial charge in [-0.1, -0.05) is 6.07 Å². The van der Waals surface area contributed by atoms with Crippen molar-refractivity contribution in [3.63, 3.8) is 0 Å². The van der Waals surface area contributed by atoms with E-state index in [9.17, 15) is 23.1 Å². The summed E-state index contributed by atoms with van der Waals surface area (Å²) in [5.41, 5.74) is -0.137. The van der Waals surface area contributed by atoms with Gasteiger partial charge in [-0.15, -0.1) is 11.3 Å². The van der Waals surface area contributed by atoms with Crippen molar-refractivity contribution in [1.29, 1.82) is 0 Å². The fourth-order valence-corrected chi connectivity index (χ4v) is 4.96. The number of phenolic OH excluding ortho intramolecular Hbond substituents is 1. The number of esters is 1. The number of carbonyl (C=O) groups is 2. The molecule has 0 bridgehead atoms. The Labute approximate surface area is 199 Å². The van der Waals surface area contributed by atoms with Crippen LogP contribution in [0.3, 0.4) is 0 Å². The molecule has 1 aromatic heterocycles. The molecule has 3 rings (SSSR count). The molecule has 0 aliphatic rings. The molecule has 2 N–H and O–H groups in total. The highest BCUT2D eigenvalue weighted by Gasteiger charge is 2.21. The van der Waals surface area contributed by atoms with Crippen LogP contribution in [0, 0.1) is 0 Å². The van der Waals surface area contributed by atoms with E-state index in [1.807, 2.05) is 0 Å².